The minimum atomic E-state index is -0.754. The van der Waals surface area contributed by atoms with Gasteiger partial charge in [0.25, 0.3) is 0 Å². The number of esters is 3. The molecule has 26 heavy (non-hydrogen) atoms. The highest BCUT2D eigenvalue weighted by molar-refractivity contribution is 5.70. The lowest BCUT2D eigenvalue weighted by atomic mass is 10.1. The maximum Gasteiger partial charge on any atom is 0.305 e. The molecule has 0 aromatic rings. The lowest BCUT2D eigenvalue weighted by Gasteiger charge is -2.17. The van der Waals surface area contributed by atoms with Gasteiger partial charge in [-0.25, -0.2) is 0 Å². The highest BCUT2D eigenvalue weighted by atomic mass is 16.6. The minimum absolute atomic E-state index is 0.0873. The fourth-order valence-corrected chi connectivity index (χ4v) is 2.41. The molecule has 0 aliphatic heterocycles. The van der Waals surface area contributed by atoms with Crippen molar-refractivity contribution in [1.82, 2.24) is 0 Å². The first-order valence-corrected chi connectivity index (χ1v) is 9.98. The van der Waals surface area contributed by atoms with Crippen molar-refractivity contribution in [2.75, 3.05) is 13.2 Å². The van der Waals surface area contributed by atoms with Gasteiger partial charge in [0.05, 0.1) is 0 Å². The minimum Gasteiger partial charge on any atom is -0.462 e. The van der Waals surface area contributed by atoms with Crippen LogP contribution in [0.5, 0.6) is 0 Å². The summed E-state index contributed by atoms with van der Waals surface area (Å²) in [6.07, 6.45) is 9.50. The first kappa shape index (κ1) is 24.4. The molecule has 1 atom stereocenters. The Hall–Kier alpha value is -1.59. The summed E-state index contributed by atoms with van der Waals surface area (Å²) in [6.45, 7) is 5.26. The fourth-order valence-electron chi connectivity index (χ4n) is 2.41. The topological polar surface area (TPSA) is 78.9 Å². The van der Waals surface area contributed by atoms with E-state index in [1.54, 1.807) is 0 Å². The average Bonchev–Trinajstić information content (AvgIpc) is 2.61. The summed E-state index contributed by atoms with van der Waals surface area (Å²) >= 11 is 0. The summed E-state index contributed by atoms with van der Waals surface area (Å²) in [7, 11) is 0. The number of hydrogen-bond donors (Lipinski definition) is 0. The van der Waals surface area contributed by atoms with Crippen LogP contribution < -0.4 is 0 Å². The van der Waals surface area contributed by atoms with Gasteiger partial charge >= 0.3 is 17.9 Å². The van der Waals surface area contributed by atoms with E-state index in [1.165, 1.54) is 32.6 Å². The van der Waals surface area contributed by atoms with Crippen molar-refractivity contribution in [2.45, 2.75) is 97.5 Å². The molecule has 6 nitrogen and oxygen atoms in total. The van der Waals surface area contributed by atoms with Gasteiger partial charge in [-0.2, -0.15) is 0 Å². The Kier molecular flexibility index (Phi) is 15.8. The molecule has 0 spiro atoms. The van der Waals surface area contributed by atoms with Crippen molar-refractivity contribution >= 4 is 17.9 Å². The van der Waals surface area contributed by atoms with E-state index < -0.39 is 12.1 Å². The van der Waals surface area contributed by atoms with Gasteiger partial charge < -0.3 is 14.2 Å². The van der Waals surface area contributed by atoms with Crippen LogP contribution in [-0.2, 0) is 28.6 Å². The van der Waals surface area contributed by atoms with Crippen LogP contribution >= 0.6 is 0 Å². The van der Waals surface area contributed by atoms with Crippen LogP contribution in [0, 0.1) is 0 Å². The van der Waals surface area contributed by atoms with Crippen LogP contribution in [0.4, 0.5) is 0 Å². The summed E-state index contributed by atoms with van der Waals surface area (Å²) in [5, 5.41) is 0. The maximum absolute atomic E-state index is 11.8. The monoisotopic (exact) mass is 372 g/mol. The molecule has 6 heteroatoms. The molecule has 0 aliphatic rings. The van der Waals surface area contributed by atoms with E-state index in [9.17, 15) is 14.4 Å². The first-order valence-electron chi connectivity index (χ1n) is 9.98. The summed E-state index contributed by atoms with van der Waals surface area (Å²) in [5.41, 5.74) is 0. The normalized spacial score (nSPS) is 11.7. The Labute approximate surface area is 157 Å². The van der Waals surface area contributed by atoms with E-state index in [-0.39, 0.29) is 25.2 Å². The van der Waals surface area contributed by atoms with E-state index in [0.717, 1.165) is 32.1 Å². The van der Waals surface area contributed by atoms with E-state index in [1.807, 2.05) is 6.92 Å². The average molecular weight is 373 g/mol. The van der Waals surface area contributed by atoms with Crippen LogP contribution in [0.25, 0.3) is 0 Å². The maximum atomic E-state index is 11.8. The molecule has 0 aromatic heterocycles. The van der Waals surface area contributed by atoms with Crippen LogP contribution in [-0.4, -0.2) is 37.2 Å². The van der Waals surface area contributed by atoms with Gasteiger partial charge in [0, 0.05) is 19.8 Å². The molecule has 0 fully saturated rings. The highest BCUT2D eigenvalue weighted by Crippen LogP contribution is 2.09. The third kappa shape index (κ3) is 15.9. The number of unbranched alkanes of at least 4 members (excludes halogenated alkanes) is 7. The predicted octanol–water partition coefficient (Wildman–Crippen LogP) is 4.34. The Morgan fingerprint density at radius 3 is 1.65 bits per heavy atom. The zero-order chi connectivity index (χ0) is 19.6. The number of hydrogen-bond acceptors (Lipinski definition) is 6. The second-order valence-corrected chi connectivity index (χ2v) is 6.57. The van der Waals surface area contributed by atoms with Crippen molar-refractivity contribution in [2.24, 2.45) is 0 Å². The van der Waals surface area contributed by atoms with Crippen molar-refractivity contribution in [3.63, 3.8) is 0 Å². The molecule has 0 aromatic carbocycles. The largest absolute Gasteiger partial charge is 0.462 e. The standard InChI is InChI=1S/C20H36O6/c1-4-6-8-9-10-11-12-14-20(23)25-16-18(26-17(3)21)15-24-19(22)13-7-5-2/h18H,4-16H2,1-3H3. The molecule has 0 radical (unpaired) electrons. The number of carbonyl (C=O) groups is 3. The molecule has 0 bridgehead atoms. The summed E-state index contributed by atoms with van der Waals surface area (Å²) in [6, 6.07) is 0. The number of carbonyl (C=O) groups excluding carboxylic acids is 3. The zero-order valence-corrected chi connectivity index (χ0v) is 16.7. The van der Waals surface area contributed by atoms with E-state index in [0.29, 0.717) is 12.8 Å². The third-order valence-electron chi connectivity index (χ3n) is 3.91. The Morgan fingerprint density at radius 1 is 0.692 bits per heavy atom. The molecule has 0 amide bonds. The molecule has 0 rings (SSSR count). The summed E-state index contributed by atoms with van der Waals surface area (Å²) < 4.78 is 15.3. The third-order valence-corrected chi connectivity index (χ3v) is 3.91. The Morgan fingerprint density at radius 2 is 1.15 bits per heavy atom. The van der Waals surface area contributed by atoms with Gasteiger partial charge in [-0.05, 0) is 12.8 Å². The van der Waals surface area contributed by atoms with Crippen molar-refractivity contribution in [3.05, 3.63) is 0 Å². The van der Waals surface area contributed by atoms with Gasteiger partial charge in [-0.15, -0.1) is 0 Å². The first-order chi connectivity index (χ1) is 12.5. The van der Waals surface area contributed by atoms with Gasteiger partial charge in [0.15, 0.2) is 6.10 Å². The van der Waals surface area contributed by atoms with E-state index in [2.05, 4.69) is 6.92 Å². The quantitative estimate of drug-likeness (QED) is 0.228. The molecule has 0 N–H and O–H groups in total. The summed E-state index contributed by atoms with van der Waals surface area (Å²) in [4.78, 5) is 34.4. The Bertz CT molecular complexity index is 394. The van der Waals surface area contributed by atoms with Gasteiger partial charge in [-0.3, -0.25) is 14.4 Å². The molecule has 152 valence electrons. The van der Waals surface area contributed by atoms with Crippen molar-refractivity contribution < 1.29 is 28.6 Å². The van der Waals surface area contributed by atoms with Gasteiger partial charge in [0.2, 0.25) is 0 Å². The second-order valence-electron chi connectivity index (χ2n) is 6.57. The number of ether oxygens (including phenoxy) is 3. The Balaban J connectivity index is 3.94. The van der Waals surface area contributed by atoms with Crippen LogP contribution in [0.15, 0.2) is 0 Å². The lowest BCUT2D eigenvalue weighted by molar-refractivity contribution is -0.165. The van der Waals surface area contributed by atoms with Crippen molar-refractivity contribution in [3.8, 4) is 0 Å². The molecule has 1 unspecified atom stereocenters. The van der Waals surface area contributed by atoms with Crippen LogP contribution in [0.1, 0.15) is 91.4 Å². The number of rotatable bonds is 16. The molecule has 0 heterocycles. The highest BCUT2D eigenvalue weighted by Gasteiger charge is 2.17. The SMILES string of the molecule is CCCCCCCCCC(=O)OCC(COC(=O)CCCC)OC(C)=O. The van der Waals surface area contributed by atoms with Crippen LogP contribution in [0.2, 0.25) is 0 Å². The predicted molar refractivity (Wildman–Crippen MR) is 99.6 cm³/mol. The van der Waals surface area contributed by atoms with E-state index in [4.69, 9.17) is 14.2 Å². The van der Waals surface area contributed by atoms with Crippen molar-refractivity contribution in [1.29, 1.82) is 0 Å². The lowest BCUT2D eigenvalue weighted by Crippen LogP contribution is -2.30. The molecule has 0 aliphatic carbocycles. The zero-order valence-electron chi connectivity index (χ0n) is 16.7. The van der Waals surface area contributed by atoms with Gasteiger partial charge in [0.1, 0.15) is 13.2 Å². The molecule has 0 saturated heterocycles. The van der Waals surface area contributed by atoms with Gasteiger partial charge in [-0.1, -0.05) is 58.8 Å². The van der Waals surface area contributed by atoms with E-state index >= 15 is 0 Å². The smallest absolute Gasteiger partial charge is 0.305 e. The fraction of sp³-hybridized carbons (Fsp3) is 0.850. The van der Waals surface area contributed by atoms with Crippen LogP contribution in [0.3, 0.4) is 0 Å². The second kappa shape index (κ2) is 16.9. The molecular weight excluding hydrogens is 336 g/mol. The summed E-state index contributed by atoms with van der Waals surface area (Å²) in [5.74, 6) is -1.14. The molecule has 0 saturated carbocycles. The molecular formula is C20H36O6.